The Hall–Kier alpha value is -2.80. The minimum atomic E-state index is 0.600. The van der Waals surface area contributed by atoms with Gasteiger partial charge in [-0.05, 0) is 36.4 Å². The largest absolute Gasteiger partial charge is 0.497 e. The third-order valence-electron chi connectivity index (χ3n) is 3.85. The number of oxazole rings is 1. The van der Waals surface area contributed by atoms with Crippen molar-refractivity contribution >= 4 is 22.9 Å². The molecule has 0 radical (unpaired) electrons. The Bertz CT molecular complexity index is 975. The minimum absolute atomic E-state index is 0.600. The first-order valence-electron chi connectivity index (χ1n) is 7.75. The van der Waals surface area contributed by atoms with Gasteiger partial charge in [-0.1, -0.05) is 23.9 Å². The molecule has 6 nitrogen and oxygen atoms in total. The molecule has 0 aliphatic rings. The molecule has 2 heterocycles. The number of aromatic nitrogens is 4. The highest BCUT2D eigenvalue weighted by Gasteiger charge is 2.13. The minimum Gasteiger partial charge on any atom is -0.497 e. The molecule has 0 unspecified atom stereocenters. The number of para-hydroxylation sites is 2. The van der Waals surface area contributed by atoms with Crippen molar-refractivity contribution in [1.82, 2.24) is 19.7 Å². The van der Waals surface area contributed by atoms with Crippen molar-refractivity contribution in [2.24, 2.45) is 7.05 Å². The first-order valence-corrected chi connectivity index (χ1v) is 8.74. The third-order valence-corrected chi connectivity index (χ3v) is 4.85. The van der Waals surface area contributed by atoms with Gasteiger partial charge in [-0.15, -0.1) is 10.2 Å². The molecule has 0 aliphatic heterocycles. The fourth-order valence-corrected chi connectivity index (χ4v) is 3.29. The molecule has 7 heteroatoms. The van der Waals surface area contributed by atoms with E-state index in [0.717, 1.165) is 33.4 Å². The van der Waals surface area contributed by atoms with Crippen molar-refractivity contribution in [1.29, 1.82) is 0 Å². The lowest BCUT2D eigenvalue weighted by atomic mass is 10.2. The maximum atomic E-state index is 5.74. The van der Waals surface area contributed by atoms with Crippen LogP contribution in [0.5, 0.6) is 5.75 Å². The summed E-state index contributed by atoms with van der Waals surface area (Å²) in [5.74, 6) is 2.91. The number of nitrogens with zero attached hydrogens (tertiary/aromatic N) is 4. The lowest BCUT2D eigenvalue weighted by Gasteiger charge is -2.04. The van der Waals surface area contributed by atoms with Crippen molar-refractivity contribution in [3.8, 4) is 17.1 Å². The van der Waals surface area contributed by atoms with Crippen LogP contribution in [0.1, 0.15) is 5.89 Å². The van der Waals surface area contributed by atoms with Crippen molar-refractivity contribution < 1.29 is 9.15 Å². The molecular weight excluding hydrogens is 336 g/mol. The van der Waals surface area contributed by atoms with Gasteiger partial charge < -0.3 is 13.7 Å². The van der Waals surface area contributed by atoms with E-state index in [-0.39, 0.29) is 0 Å². The Labute approximate surface area is 148 Å². The molecule has 0 fully saturated rings. The summed E-state index contributed by atoms with van der Waals surface area (Å²) in [6.45, 7) is 0. The molecule has 126 valence electrons. The van der Waals surface area contributed by atoms with Crippen LogP contribution in [0.25, 0.3) is 22.5 Å². The number of thioether (sulfide) groups is 1. The topological polar surface area (TPSA) is 66.0 Å². The van der Waals surface area contributed by atoms with Crippen molar-refractivity contribution in [2.75, 3.05) is 7.11 Å². The van der Waals surface area contributed by atoms with Crippen LogP contribution in [0.4, 0.5) is 0 Å². The van der Waals surface area contributed by atoms with Crippen LogP contribution < -0.4 is 4.74 Å². The highest BCUT2D eigenvalue weighted by molar-refractivity contribution is 7.98. The zero-order valence-corrected chi connectivity index (χ0v) is 14.7. The van der Waals surface area contributed by atoms with Crippen LogP contribution in [0.3, 0.4) is 0 Å². The predicted octanol–water partition coefficient (Wildman–Crippen LogP) is 3.92. The second-order valence-electron chi connectivity index (χ2n) is 5.46. The van der Waals surface area contributed by atoms with E-state index in [1.165, 1.54) is 0 Å². The molecule has 0 saturated heterocycles. The van der Waals surface area contributed by atoms with Crippen LogP contribution in [-0.2, 0) is 12.8 Å². The number of hydrogen-bond donors (Lipinski definition) is 0. The SMILES string of the molecule is COc1ccc(-c2nnc(SCc3nc4ccccc4o3)n2C)cc1. The average Bonchev–Trinajstić information content (AvgIpc) is 3.23. The summed E-state index contributed by atoms with van der Waals surface area (Å²) < 4.78 is 12.9. The summed E-state index contributed by atoms with van der Waals surface area (Å²) in [7, 11) is 3.60. The van der Waals surface area contributed by atoms with Crippen molar-refractivity contribution in [3.63, 3.8) is 0 Å². The summed E-state index contributed by atoms with van der Waals surface area (Å²) in [6.07, 6.45) is 0. The third kappa shape index (κ3) is 3.10. The number of ether oxygens (including phenoxy) is 1. The number of benzene rings is 2. The molecule has 25 heavy (non-hydrogen) atoms. The predicted molar refractivity (Wildman–Crippen MR) is 96.6 cm³/mol. The van der Waals surface area contributed by atoms with Crippen LogP contribution in [0, 0.1) is 0 Å². The summed E-state index contributed by atoms with van der Waals surface area (Å²) in [5.41, 5.74) is 2.66. The molecular formula is C18H16N4O2S. The first-order chi connectivity index (χ1) is 12.2. The van der Waals surface area contributed by atoms with Gasteiger partial charge in [0.1, 0.15) is 11.3 Å². The monoisotopic (exact) mass is 352 g/mol. The van der Waals surface area contributed by atoms with E-state index in [0.29, 0.717) is 11.6 Å². The average molecular weight is 352 g/mol. The van der Waals surface area contributed by atoms with Crippen LogP contribution >= 0.6 is 11.8 Å². The highest BCUT2D eigenvalue weighted by atomic mass is 32.2. The van der Waals surface area contributed by atoms with Gasteiger partial charge in [-0.2, -0.15) is 0 Å². The lowest BCUT2D eigenvalue weighted by molar-refractivity contribution is 0.415. The molecule has 2 aromatic carbocycles. The highest BCUT2D eigenvalue weighted by Crippen LogP contribution is 2.27. The maximum absolute atomic E-state index is 5.74. The van der Waals surface area contributed by atoms with Gasteiger partial charge in [-0.3, -0.25) is 0 Å². The van der Waals surface area contributed by atoms with Crippen LogP contribution in [-0.4, -0.2) is 26.9 Å². The number of fused-ring (bicyclic) bond motifs is 1. The zero-order chi connectivity index (χ0) is 17.2. The Morgan fingerprint density at radius 1 is 1.08 bits per heavy atom. The van der Waals surface area contributed by atoms with Crippen molar-refractivity contribution in [3.05, 3.63) is 54.4 Å². The fraction of sp³-hybridized carbons (Fsp3) is 0.167. The Balaban J connectivity index is 1.52. The lowest BCUT2D eigenvalue weighted by Crippen LogP contribution is -1.95. The van der Waals surface area contributed by atoms with Gasteiger partial charge in [0.25, 0.3) is 0 Å². The van der Waals surface area contributed by atoms with Crippen LogP contribution in [0.15, 0.2) is 58.1 Å². The standard InChI is InChI=1S/C18H16N4O2S/c1-22-17(12-7-9-13(23-2)10-8-12)20-21-18(22)25-11-16-19-14-5-3-4-6-15(14)24-16/h3-10H,11H2,1-2H3. The van der Waals surface area contributed by atoms with Gasteiger partial charge >= 0.3 is 0 Å². The summed E-state index contributed by atoms with van der Waals surface area (Å²) in [5, 5.41) is 9.39. The van der Waals surface area contributed by atoms with Gasteiger partial charge in [-0.25, -0.2) is 4.98 Å². The van der Waals surface area contributed by atoms with E-state index in [1.54, 1.807) is 18.9 Å². The summed E-state index contributed by atoms with van der Waals surface area (Å²) in [6, 6.07) is 15.5. The van der Waals surface area contributed by atoms with E-state index in [9.17, 15) is 0 Å². The summed E-state index contributed by atoms with van der Waals surface area (Å²) in [4.78, 5) is 4.48. The van der Waals surface area contributed by atoms with Crippen molar-refractivity contribution in [2.45, 2.75) is 10.9 Å². The summed E-state index contributed by atoms with van der Waals surface area (Å²) >= 11 is 1.55. The molecule has 2 aromatic heterocycles. The first kappa shape index (κ1) is 15.7. The molecule has 0 amide bonds. The Morgan fingerprint density at radius 3 is 2.64 bits per heavy atom. The fourth-order valence-electron chi connectivity index (χ4n) is 2.54. The molecule has 0 N–H and O–H groups in total. The Kier molecular flexibility index (Phi) is 4.15. The normalized spacial score (nSPS) is 11.1. The van der Waals surface area contributed by atoms with Crippen LogP contribution in [0.2, 0.25) is 0 Å². The molecule has 4 rings (SSSR count). The smallest absolute Gasteiger partial charge is 0.205 e. The molecule has 0 saturated carbocycles. The van der Waals surface area contributed by atoms with Gasteiger partial charge in [0.15, 0.2) is 16.6 Å². The van der Waals surface area contributed by atoms with Gasteiger partial charge in [0, 0.05) is 12.6 Å². The van der Waals surface area contributed by atoms with E-state index in [2.05, 4.69) is 15.2 Å². The van der Waals surface area contributed by atoms with E-state index in [4.69, 9.17) is 9.15 Å². The van der Waals surface area contributed by atoms with E-state index in [1.807, 2.05) is 60.1 Å². The van der Waals surface area contributed by atoms with Gasteiger partial charge in [0.05, 0.1) is 12.9 Å². The number of hydrogen-bond acceptors (Lipinski definition) is 6. The second-order valence-corrected chi connectivity index (χ2v) is 6.40. The Morgan fingerprint density at radius 2 is 1.88 bits per heavy atom. The van der Waals surface area contributed by atoms with E-state index >= 15 is 0 Å². The molecule has 0 bridgehead atoms. The molecule has 0 atom stereocenters. The zero-order valence-electron chi connectivity index (χ0n) is 13.8. The molecule has 0 aliphatic carbocycles. The number of rotatable bonds is 5. The number of methoxy groups -OCH3 is 1. The maximum Gasteiger partial charge on any atom is 0.205 e. The molecule has 4 aromatic rings. The molecule has 0 spiro atoms. The second kappa shape index (κ2) is 6.60. The van der Waals surface area contributed by atoms with E-state index < -0.39 is 0 Å². The van der Waals surface area contributed by atoms with Gasteiger partial charge in [0.2, 0.25) is 5.89 Å². The quantitative estimate of drug-likeness (QED) is 0.507.